The number of thioether (sulfide) groups is 1. The predicted molar refractivity (Wildman–Crippen MR) is 111 cm³/mol. The van der Waals surface area contributed by atoms with Gasteiger partial charge in [0.15, 0.2) is 0 Å². The maximum absolute atomic E-state index is 13.1. The fourth-order valence-corrected chi connectivity index (χ4v) is 3.66. The molecule has 0 aliphatic rings. The molecule has 0 unspecified atom stereocenters. The third-order valence-electron chi connectivity index (χ3n) is 4.24. The fourth-order valence-electron chi connectivity index (χ4n) is 2.71. The number of nitrogens with zero attached hydrogens (tertiary/aromatic N) is 2. The normalized spacial score (nSPS) is 12.2. The van der Waals surface area contributed by atoms with E-state index in [1.54, 1.807) is 13.8 Å². The quantitative estimate of drug-likeness (QED) is 0.357. The summed E-state index contributed by atoms with van der Waals surface area (Å²) in [4.78, 5) is 37.1. The lowest BCUT2D eigenvalue weighted by Gasteiger charge is -2.24. The first-order valence-electron chi connectivity index (χ1n) is 9.19. The average molecular weight is 455 g/mol. The number of para-hydroxylation sites is 1. The Bertz CT molecular complexity index is 951. The maximum atomic E-state index is 13.1. The molecule has 7 nitrogen and oxygen atoms in total. The Morgan fingerprint density at radius 3 is 2.32 bits per heavy atom. The van der Waals surface area contributed by atoms with Crippen molar-refractivity contribution in [2.24, 2.45) is 0 Å². The molecule has 1 N–H and O–H groups in total. The van der Waals surface area contributed by atoms with Crippen molar-refractivity contribution in [2.75, 3.05) is 18.4 Å². The number of carbonyl (C=O) groups excluding carboxylic acids is 2. The van der Waals surface area contributed by atoms with E-state index in [1.165, 1.54) is 41.3 Å². The van der Waals surface area contributed by atoms with Crippen molar-refractivity contribution in [3.8, 4) is 0 Å². The van der Waals surface area contributed by atoms with E-state index in [-0.39, 0.29) is 23.8 Å². The number of likely N-dealkylation sites (N-methyl/N-ethyl adjacent to an activating group) is 1. The Hall–Kier alpha value is -3.08. The molecule has 0 aliphatic carbocycles. The second kappa shape index (κ2) is 10.3. The van der Waals surface area contributed by atoms with Gasteiger partial charge in [0.25, 0.3) is 5.69 Å². The van der Waals surface area contributed by atoms with Crippen LogP contribution in [0.2, 0.25) is 0 Å². The number of hydrogen-bond donors (Lipinski definition) is 1. The third-order valence-corrected chi connectivity index (χ3v) is 5.34. The lowest BCUT2D eigenvalue weighted by atomic mass is 10.1. The molecule has 0 fully saturated rings. The number of amides is 2. The van der Waals surface area contributed by atoms with Crippen LogP contribution in [0.1, 0.15) is 19.4 Å². The molecular weight excluding hydrogens is 435 g/mol. The van der Waals surface area contributed by atoms with Gasteiger partial charge < -0.3 is 10.2 Å². The van der Waals surface area contributed by atoms with Gasteiger partial charge in [-0.25, -0.2) is 0 Å². The molecule has 2 aromatic rings. The highest BCUT2D eigenvalue weighted by Crippen LogP contribution is 2.34. The first-order chi connectivity index (χ1) is 14.5. The number of benzene rings is 2. The van der Waals surface area contributed by atoms with Crippen LogP contribution in [0.4, 0.5) is 24.5 Å². The monoisotopic (exact) mass is 455 g/mol. The fraction of sp³-hybridized carbons (Fsp3) is 0.300. The van der Waals surface area contributed by atoms with Crippen LogP contribution >= 0.6 is 11.8 Å². The van der Waals surface area contributed by atoms with Crippen LogP contribution in [0.15, 0.2) is 53.4 Å². The summed E-state index contributed by atoms with van der Waals surface area (Å²) in [5.74, 6) is -1.13. The number of carbonyl (C=O) groups is 2. The third kappa shape index (κ3) is 6.71. The topological polar surface area (TPSA) is 92.6 Å². The molecule has 0 saturated carbocycles. The van der Waals surface area contributed by atoms with Crippen molar-refractivity contribution in [3.63, 3.8) is 0 Å². The van der Waals surface area contributed by atoms with Crippen LogP contribution in [0.25, 0.3) is 0 Å². The van der Waals surface area contributed by atoms with Crippen LogP contribution < -0.4 is 5.32 Å². The van der Waals surface area contributed by atoms with Gasteiger partial charge in [0, 0.05) is 23.6 Å². The molecule has 2 aromatic carbocycles. The molecule has 31 heavy (non-hydrogen) atoms. The molecule has 2 amide bonds. The minimum absolute atomic E-state index is 0.0747. The van der Waals surface area contributed by atoms with Gasteiger partial charge in [-0.2, -0.15) is 13.2 Å². The number of rotatable bonds is 8. The largest absolute Gasteiger partial charge is 0.418 e. The highest BCUT2D eigenvalue weighted by atomic mass is 32.2. The molecule has 0 saturated heterocycles. The molecular formula is C20H20F3N3O4S. The minimum Gasteiger partial charge on any atom is -0.333 e. The van der Waals surface area contributed by atoms with Gasteiger partial charge in [0.05, 0.1) is 28.0 Å². The van der Waals surface area contributed by atoms with Crippen molar-refractivity contribution in [2.45, 2.75) is 30.2 Å². The zero-order chi connectivity index (χ0) is 23.2. The van der Waals surface area contributed by atoms with Crippen LogP contribution in [0, 0.1) is 10.1 Å². The molecule has 1 atom stereocenters. The van der Waals surface area contributed by atoms with Crippen molar-refractivity contribution in [1.82, 2.24) is 4.90 Å². The van der Waals surface area contributed by atoms with E-state index in [1.807, 2.05) is 0 Å². The van der Waals surface area contributed by atoms with Crippen molar-refractivity contribution in [3.05, 3.63) is 64.2 Å². The number of halogens is 3. The number of hydrogen-bond acceptors (Lipinski definition) is 5. The summed E-state index contributed by atoms with van der Waals surface area (Å²) in [6.45, 7) is 3.04. The van der Waals surface area contributed by atoms with E-state index < -0.39 is 34.4 Å². The first kappa shape index (κ1) is 24.2. The lowest BCUT2D eigenvalue weighted by molar-refractivity contribution is -0.384. The molecule has 11 heteroatoms. The highest BCUT2D eigenvalue weighted by molar-refractivity contribution is 8.00. The highest BCUT2D eigenvalue weighted by Gasteiger charge is 2.33. The Morgan fingerprint density at radius 2 is 1.77 bits per heavy atom. The zero-order valence-electron chi connectivity index (χ0n) is 16.7. The summed E-state index contributed by atoms with van der Waals surface area (Å²) in [6, 6.07) is 10.3. The maximum Gasteiger partial charge on any atom is 0.418 e. The molecule has 2 rings (SSSR count). The second-order valence-corrected chi connectivity index (χ2v) is 7.87. The first-order valence-corrected chi connectivity index (χ1v) is 10.1. The number of anilines is 1. The Labute approximate surface area is 180 Å². The Balaban J connectivity index is 2.02. The molecule has 0 spiro atoms. The van der Waals surface area contributed by atoms with E-state index in [9.17, 15) is 32.9 Å². The van der Waals surface area contributed by atoms with Gasteiger partial charge >= 0.3 is 6.18 Å². The van der Waals surface area contributed by atoms with Gasteiger partial charge in [0.2, 0.25) is 11.8 Å². The second-order valence-electron chi connectivity index (χ2n) is 6.46. The van der Waals surface area contributed by atoms with Crippen LogP contribution in [0.5, 0.6) is 0 Å². The summed E-state index contributed by atoms with van der Waals surface area (Å²) in [7, 11) is 0. The van der Waals surface area contributed by atoms with Crippen LogP contribution in [-0.4, -0.2) is 40.0 Å². The van der Waals surface area contributed by atoms with E-state index in [2.05, 4.69) is 5.32 Å². The number of nitro groups is 1. The molecule has 0 bridgehead atoms. The number of non-ortho nitro benzene ring substituents is 1. The molecule has 0 radical (unpaired) electrons. The van der Waals surface area contributed by atoms with Gasteiger partial charge in [-0.15, -0.1) is 11.8 Å². The molecule has 0 aliphatic heterocycles. The Kier molecular flexibility index (Phi) is 8.03. The molecule has 0 aromatic heterocycles. The number of nitro benzene ring substituents is 1. The Morgan fingerprint density at radius 1 is 1.16 bits per heavy atom. The van der Waals surface area contributed by atoms with E-state index >= 15 is 0 Å². The summed E-state index contributed by atoms with van der Waals surface area (Å²) in [5, 5.41) is 12.3. The standard InChI is InChI=1S/C20H20F3N3O4S/c1-3-25(12-18(27)24-17-7-5-4-6-16(17)20(21,22)23)19(28)13(2)31-15-10-8-14(9-11-15)26(29)30/h4-11,13H,3,12H2,1-2H3,(H,24,27)/t13-/m1/s1. The lowest BCUT2D eigenvalue weighted by Crippen LogP contribution is -2.41. The van der Waals surface area contributed by atoms with E-state index in [0.717, 1.165) is 23.9 Å². The van der Waals surface area contributed by atoms with E-state index in [4.69, 9.17) is 0 Å². The average Bonchev–Trinajstić information content (AvgIpc) is 2.71. The molecule has 0 heterocycles. The van der Waals surface area contributed by atoms with Crippen molar-refractivity contribution < 1.29 is 27.7 Å². The predicted octanol–water partition coefficient (Wildman–Crippen LogP) is 4.58. The van der Waals surface area contributed by atoms with Crippen molar-refractivity contribution in [1.29, 1.82) is 0 Å². The van der Waals surface area contributed by atoms with Gasteiger partial charge in [0.1, 0.15) is 0 Å². The summed E-state index contributed by atoms with van der Waals surface area (Å²) in [5.41, 5.74) is -1.43. The zero-order valence-corrected chi connectivity index (χ0v) is 17.5. The summed E-state index contributed by atoms with van der Waals surface area (Å²) < 4.78 is 39.2. The van der Waals surface area contributed by atoms with Gasteiger partial charge in [-0.3, -0.25) is 19.7 Å². The van der Waals surface area contributed by atoms with Crippen molar-refractivity contribution >= 4 is 35.0 Å². The number of alkyl halides is 3. The van der Waals surface area contributed by atoms with Gasteiger partial charge in [-0.1, -0.05) is 12.1 Å². The summed E-state index contributed by atoms with van der Waals surface area (Å²) >= 11 is 1.16. The van der Waals surface area contributed by atoms with E-state index in [0.29, 0.717) is 4.90 Å². The molecule has 166 valence electrons. The van der Waals surface area contributed by atoms with Crippen LogP contribution in [0.3, 0.4) is 0 Å². The van der Waals surface area contributed by atoms with Crippen LogP contribution in [-0.2, 0) is 15.8 Å². The smallest absolute Gasteiger partial charge is 0.333 e. The SMILES string of the molecule is CCN(CC(=O)Nc1ccccc1C(F)(F)F)C(=O)[C@@H](C)Sc1ccc([N+](=O)[O-])cc1. The summed E-state index contributed by atoms with van der Waals surface area (Å²) in [6.07, 6.45) is -4.62. The van der Waals surface area contributed by atoms with Gasteiger partial charge in [-0.05, 0) is 38.1 Å². The minimum atomic E-state index is -4.62. The number of nitrogens with one attached hydrogen (secondary N) is 1.